The molecule has 1 unspecified atom stereocenters. The number of nitrogens with one attached hydrogen (secondary N) is 1. The molecule has 0 bridgehead atoms. The van der Waals surface area contributed by atoms with E-state index in [4.69, 9.17) is 5.73 Å². The Bertz CT molecular complexity index is 658. The second-order valence-corrected chi connectivity index (χ2v) is 6.53. The van der Waals surface area contributed by atoms with Crippen LogP contribution < -0.4 is 5.73 Å². The predicted molar refractivity (Wildman–Crippen MR) is 77.5 cm³/mol. The summed E-state index contributed by atoms with van der Waals surface area (Å²) in [6.45, 7) is 0.770. The molecule has 1 aliphatic heterocycles. The summed E-state index contributed by atoms with van der Waals surface area (Å²) < 4.78 is 0. The van der Waals surface area contributed by atoms with Gasteiger partial charge in [0.25, 0.3) is 5.91 Å². The van der Waals surface area contributed by atoms with E-state index in [1.165, 1.54) is 29.5 Å². The number of nitrogens with two attached hydrogens (primary N) is 1. The van der Waals surface area contributed by atoms with E-state index in [0.29, 0.717) is 17.3 Å². The van der Waals surface area contributed by atoms with Crippen molar-refractivity contribution < 1.29 is 4.79 Å². The number of aromatic nitrogens is 2. The first-order valence-electron chi connectivity index (χ1n) is 6.92. The van der Waals surface area contributed by atoms with Crippen molar-refractivity contribution in [3.63, 3.8) is 0 Å². The maximum Gasteiger partial charge on any atom is 0.274 e. The lowest BCUT2D eigenvalue weighted by Gasteiger charge is -2.36. The van der Waals surface area contributed by atoms with Gasteiger partial charge >= 0.3 is 0 Å². The van der Waals surface area contributed by atoms with E-state index in [1.807, 2.05) is 4.90 Å². The van der Waals surface area contributed by atoms with Gasteiger partial charge in [-0.25, -0.2) is 0 Å². The van der Waals surface area contributed by atoms with Crippen molar-refractivity contribution in [3.8, 4) is 0 Å². The topological polar surface area (TPSA) is 75.0 Å². The molecule has 0 spiro atoms. The van der Waals surface area contributed by atoms with Gasteiger partial charge in [0.15, 0.2) is 0 Å². The monoisotopic (exact) mass is 288 g/mol. The molecular weight excluding hydrogens is 272 g/mol. The first-order valence-corrected chi connectivity index (χ1v) is 7.79. The lowest BCUT2D eigenvalue weighted by Crippen LogP contribution is -2.41. The highest BCUT2D eigenvalue weighted by Crippen LogP contribution is 2.48. The van der Waals surface area contributed by atoms with Gasteiger partial charge in [0.1, 0.15) is 5.69 Å². The van der Waals surface area contributed by atoms with Crippen LogP contribution in [0.3, 0.4) is 0 Å². The number of fused-ring (bicyclic) bond motifs is 1. The van der Waals surface area contributed by atoms with Gasteiger partial charge in [-0.3, -0.25) is 9.89 Å². The zero-order valence-electron chi connectivity index (χ0n) is 11.0. The summed E-state index contributed by atoms with van der Waals surface area (Å²) >= 11 is 1.81. The van der Waals surface area contributed by atoms with Gasteiger partial charge in [0, 0.05) is 11.4 Å². The third-order valence-corrected chi connectivity index (χ3v) is 5.22. The van der Waals surface area contributed by atoms with E-state index in [2.05, 4.69) is 21.6 Å². The van der Waals surface area contributed by atoms with E-state index >= 15 is 0 Å². The number of carbonyl (C=O) groups excluding carboxylic acids is 1. The average molecular weight is 288 g/mol. The molecule has 5 nitrogen and oxygen atoms in total. The minimum absolute atomic E-state index is 0.0197. The molecule has 3 N–H and O–H groups in total. The van der Waals surface area contributed by atoms with E-state index in [-0.39, 0.29) is 11.9 Å². The Morgan fingerprint density at radius 2 is 2.35 bits per heavy atom. The number of hydrogen-bond acceptors (Lipinski definition) is 4. The molecule has 0 radical (unpaired) electrons. The lowest BCUT2D eigenvalue weighted by atomic mass is 9.95. The molecule has 1 saturated carbocycles. The number of H-pyrrole nitrogens is 1. The van der Waals surface area contributed by atoms with Crippen LogP contribution in [0.15, 0.2) is 17.6 Å². The molecule has 6 heteroatoms. The summed E-state index contributed by atoms with van der Waals surface area (Å²) in [5, 5.41) is 8.74. The average Bonchev–Trinajstić information content (AvgIpc) is 3.01. The molecule has 2 aliphatic rings. The van der Waals surface area contributed by atoms with Gasteiger partial charge in [-0.05, 0) is 42.2 Å². The van der Waals surface area contributed by atoms with Crippen LogP contribution in [-0.4, -0.2) is 27.5 Å². The van der Waals surface area contributed by atoms with Gasteiger partial charge in [0.2, 0.25) is 0 Å². The first kappa shape index (κ1) is 12.0. The number of nitrogen functional groups attached to an aromatic ring is 1. The van der Waals surface area contributed by atoms with E-state index in [1.54, 1.807) is 11.3 Å². The zero-order valence-corrected chi connectivity index (χ0v) is 11.8. The number of rotatable bonds is 2. The highest BCUT2D eigenvalue weighted by molar-refractivity contribution is 7.10. The van der Waals surface area contributed by atoms with Crippen molar-refractivity contribution in [2.45, 2.75) is 25.3 Å². The normalized spacial score (nSPS) is 21.8. The molecule has 104 valence electrons. The molecule has 1 fully saturated rings. The Balaban J connectivity index is 1.71. The minimum atomic E-state index is -0.0197. The number of nitrogens with zero attached hydrogens (tertiary/aromatic N) is 2. The highest BCUT2D eigenvalue weighted by atomic mass is 32.1. The summed E-state index contributed by atoms with van der Waals surface area (Å²) in [7, 11) is 0. The Morgan fingerprint density at radius 1 is 1.50 bits per heavy atom. The first-order chi connectivity index (χ1) is 9.75. The third kappa shape index (κ3) is 1.75. The number of amides is 1. The fraction of sp³-hybridized carbons (Fsp3) is 0.429. The molecule has 20 heavy (non-hydrogen) atoms. The quantitative estimate of drug-likeness (QED) is 0.889. The maximum absolute atomic E-state index is 12.7. The number of thiophene rings is 1. The molecular formula is C14H16N4OS. The van der Waals surface area contributed by atoms with Crippen LogP contribution in [0, 0.1) is 5.92 Å². The smallest absolute Gasteiger partial charge is 0.274 e. The standard InChI is InChI=1S/C14H16N4OS/c15-10-7-16-17-12(10)14(19)18-5-3-11-9(4-6-20-11)13(18)8-1-2-8/h4,6-8,13H,1-3,5,15H2,(H,16,17). The van der Waals surface area contributed by atoms with Crippen molar-refractivity contribution in [2.24, 2.45) is 5.92 Å². The zero-order chi connectivity index (χ0) is 13.7. The number of carbonyl (C=O) groups is 1. The molecule has 3 heterocycles. The lowest BCUT2D eigenvalue weighted by molar-refractivity contribution is 0.0632. The molecule has 2 aromatic rings. The Labute approximate surface area is 120 Å². The summed E-state index contributed by atoms with van der Waals surface area (Å²) in [6, 6.07) is 2.40. The molecule has 4 rings (SSSR count). The molecule has 0 aromatic carbocycles. The Morgan fingerprint density at radius 3 is 3.05 bits per heavy atom. The van der Waals surface area contributed by atoms with Crippen LogP contribution >= 0.6 is 11.3 Å². The predicted octanol–water partition coefficient (Wildman–Crippen LogP) is 2.20. The van der Waals surface area contributed by atoms with Crippen LogP contribution in [0.4, 0.5) is 5.69 Å². The van der Waals surface area contributed by atoms with Crippen molar-refractivity contribution in [3.05, 3.63) is 33.8 Å². The summed E-state index contributed by atoms with van der Waals surface area (Å²) in [5.41, 5.74) is 8.02. The van der Waals surface area contributed by atoms with Gasteiger partial charge in [0.05, 0.1) is 17.9 Å². The molecule has 1 atom stereocenters. The van der Waals surface area contributed by atoms with E-state index in [0.717, 1.165) is 13.0 Å². The van der Waals surface area contributed by atoms with Gasteiger partial charge < -0.3 is 10.6 Å². The van der Waals surface area contributed by atoms with Crippen LogP contribution in [0.1, 0.15) is 39.8 Å². The minimum Gasteiger partial charge on any atom is -0.396 e. The fourth-order valence-electron chi connectivity index (χ4n) is 3.10. The maximum atomic E-state index is 12.7. The summed E-state index contributed by atoms with van der Waals surface area (Å²) in [4.78, 5) is 16.2. The summed E-state index contributed by atoms with van der Waals surface area (Å²) in [5.74, 6) is 0.588. The number of hydrogen-bond donors (Lipinski definition) is 2. The van der Waals surface area contributed by atoms with Gasteiger partial charge in [-0.1, -0.05) is 0 Å². The highest BCUT2D eigenvalue weighted by Gasteiger charge is 2.42. The van der Waals surface area contributed by atoms with Crippen molar-refractivity contribution >= 4 is 22.9 Å². The largest absolute Gasteiger partial charge is 0.396 e. The van der Waals surface area contributed by atoms with E-state index < -0.39 is 0 Å². The Hall–Kier alpha value is -1.82. The van der Waals surface area contributed by atoms with E-state index in [9.17, 15) is 4.79 Å². The van der Waals surface area contributed by atoms with Crippen molar-refractivity contribution in [2.75, 3.05) is 12.3 Å². The third-order valence-electron chi connectivity index (χ3n) is 4.23. The Kier molecular flexibility index (Phi) is 2.60. The summed E-state index contributed by atoms with van der Waals surface area (Å²) in [6.07, 6.45) is 4.86. The van der Waals surface area contributed by atoms with Gasteiger partial charge in [-0.15, -0.1) is 11.3 Å². The van der Waals surface area contributed by atoms with Crippen LogP contribution in [0.2, 0.25) is 0 Å². The molecule has 0 saturated heterocycles. The number of aromatic amines is 1. The molecule has 2 aromatic heterocycles. The molecule has 1 amide bonds. The van der Waals surface area contributed by atoms with Crippen LogP contribution in [0.5, 0.6) is 0 Å². The number of anilines is 1. The van der Waals surface area contributed by atoms with Gasteiger partial charge in [-0.2, -0.15) is 5.10 Å². The van der Waals surface area contributed by atoms with Crippen molar-refractivity contribution in [1.82, 2.24) is 15.1 Å². The SMILES string of the molecule is Nc1cn[nH]c1C(=O)N1CCc2sccc2C1C1CC1. The van der Waals surface area contributed by atoms with Crippen LogP contribution in [0.25, 0.3) is 0 Å². The second kappa shape index (κ2) is 4.34. The van der Waals surface area contributed by atoms with Crippen LogP contribution in [-0.2, 0) is 6.42 Å². The molecule has 1 aliphatic carbocycles. The van der Waals surface area contributed by atoms with Crippen molar-refractivity contribution in [1.29, 1.82) is 0 Å². The fourth-order valence-corrected chi connectivity index (χ4v) is 4.02. The second-order valence-electron chi connectivity index (χ2n) is 5.53.